The maximum Gasteiger partial charge on any atom is 0.236 e. The lowest BCUT2D eigenvalue weighted by atomic mass is 10.2. The smallest absolute Gasteiger partial charge is 0.236 e. The topological polar surface area (TPSA) is 79.8 Å². The van der Waals surface area contributed by atoms with Gasteiger partial charge in [-0.2, -0.15) is 0 Å². The van der Waals surface area contributed by atoms with E-state index < -0.39 is 0 Å². The molecule has 0 atom stereocenters. The standard InChI is InChI=1S/C15H16FN5OS3/c1-8(2)6-17-13-20-21-15(25-13)23-7-12(22)19-14-18-10-4-3-9(16)5-11(10)24-14/h3-5,8H,6-7H2,1-2H3,(H,17,20)(H,18,19,22). The lowest BCUT2D eigenvalue weighted by Crippen LogP contribution is -2.13. The Balaban J connectivity index is 1.52. The Hall–Kier alpha value is -1.78. The third-order valence-electron chi connectivity index (χ3n) is 2.99. The van der Waals surface area contributed by atoms with E-state index in [1.54, 1.807) is 6.07 Å². The first-order chi connectivity index (χ1) is 12.0. The van der Waals surface area contributed by atoms with Crippen molar-refractivity contribution >= 4 is 60.8 Å². The van der Waals surface area contributed by atoms with Crippen LogP contribution in [0.3, 0.4) is 0 Å². The molecule has 2 heterocycles. The molecule has 6 nitrogen and oxygen atoms in total. The van der Waals surface area contributed by atoms with Gasteiger partial charge in [-0.25, -0.2) is 9.37 Å². The van der Waals surface area contributed by atoms with Crippen molar-refractivity contribution in [2.75, 3.05) is 22.9 Å². The number of nitrogens with one attached hydrogen (secondary N) is 2. The summed E-state index contributed by atoms with van der Waals surface area (Å²) in [6.07, 6.45) is 0. The van der Waals surface area contributed by atoms with Gasteiger partial charge in [-0.05, 0) is 24.1 Å². The molecule has 0 aliphatic carbocycles. The van der Waals surface area contributed by atoms with Crippen molar-refractivity contribution in [3.8, 4) is 0 Å². The Labute approximate surface area is 156 Å². The quantitative estimate of drug-likeness (QED) is 0.585. The summed E-state index contributed by atoms with van der Waals surface area (Å²) in [4.78, 5) is 16.3. The Morgan fingerprint density at radius 2 is 2.12 bits per heavy atom. The molecule has 0 aliphatic rings. The molecular weight excluding hydrogens is 381 g/mol. The van der Waals surface area contributed by atoms with Gasteiger partial charge in [0.25, 0.3) is 0 Å². The van der Waals surface area contributed by atoms with Crippen molar-refractivity contribution in [3.63, 3.8) is 0 Å². The predicted octanol–water partition coefficient (Wildman–Crippen LogP) is 4.09. The van der Waals surface area contributed by atoms with E-state index in [1.807, 2.05) is 0 Å². The number of hydrogen-bond acceptors (Lipinski definition) is 8. The van der Waals surface area contributed by atoms with E-state index in [0.29, 0.717) is 21.3 Å². The minimum Gasteiger partial charge on any atom is -0.360 e. The first kappa shape index (κ1) is 18.0. The third kappa shape index (κ3) is 5.10. The largest absolute Gasteiger partial charge is 0.360 e. The summed E-state index contributed by atoms with van der Waals surface area (Å²) in [6, 6.07) is 4.35. The normalized spacial score (nSPS) is 11.2. The SMILES string of the molecule is CC(C)CNc1nnc(SCC(=O)Nc2nc3ccc(F)cc3s2)s1. The Morgan fingerprint density at radius 3 is 2.92 bits per heavy atom. The lowest BCUT2D eigenvalue weighted by molar-refractivity contribution is -0.113. The van der Waals surface area contributed by atoms with Crippen LogP contribution in [0.15, 0.2) is 22.5 Å². The Kier molecular flexibility index (Phi) is 5.82. The Bertz CT molecular complexity index is 879. The number of carbonyl (C=O) groups excluding carboxylic acids is 1. The molecule has 132 valence electrons. The van der Waals surface area contributed by atoms with Crippen LogP contribution in [-0.4, -0.2) is 33.4 Å². The molecule has 10 heteroatoms. The van der Waals surface area contributed by atoms with Gasteiger partial charge >= 0.3 is 0 Å². The highest BCUT2D eigenvalue weighted by Gasteiger charge is 2.11. The summed E-state index contributed by atoms with van der Waals surface area (Å²) in [5, 5.41) is 15.3. The van der Waals surface area contributed by atoms with E-state index in [1.165, 1.54) is 46.6 Å². The molecule has 1 aromatic carbocycles. The third-order valence-corrected chi connectivity index (χ3v) is 5.94. The molecule has 2 aromatic heterocycles. The highest BCUT2D eigenvalue weighted by Crippen LogP contribution is 2.28. The zero-order valence-corrected chi connectivity index (χ0v) is 16.0. The fourth-order valence-electron chi connectivity index (χ4n) is 1.87. The summed E-state index contributed by atoms with van der Waals surface area (Å²) in [5.74, 6) is 0.232. The first-order valence-electron chi connectivity index (χ1n) is 7.55. The van der Waals surface area contributed by atoms with Gasteiger partial charge in [-0.3, -0.25) is 4.79 Å². The van der Waals surface area contributed by atoms with E-state index in [-0.39, 0.29) is 17.5 Å². The summed E-state index contributed by atoms with van der Waals surface area (Å²) in [6.45, 7) is 5.06. The molecular formula is C15H16FN5OS3. The zero-order chi connectivity index (χ0) is 17.8. The van der Waals surface area contributed by atoms with Gasteiger partial charge in [0.15, 0.2) is 9.47 Å². The second kappa shape index (κ2) is 8.07. The van der Waals surface area contributed by atoms with Gasteiger partial charge in [0, 0.05) is 6.54 Å². The monoisotopic (exact) mass is 397 g/mol. The van der Waals surface area contributed by atoms with E-state index in [9.17, 15) is 9.18 Å². The van der Waals surface area contributed by atoms with Crippen LogP contribution in [0.2, 0.25) is 0 Å². The number of nitrogens with zero attached hydrogens (tertiary/aromatic N) is 3. The number of thioether (sulfide) groups is 1. The number of benzene rings is 1. The summed E-state index contributed by atoms with van der Waals surface area (Å²) < 4.78 is 14.6. The van der Waals surface area contributed by atoms with Crippen LogP contribution < -0.4 is 10.6 Å². The van der Waals surface area contributed by atoms with Crippen LogP contribution >= 0.6 is 34.4 Å². The van der Waals surface area contributed by atoms with Gasteiger partial charge in [0.05, 0.1) is 16.0 Å². The van der Waals surface area contributed by atoms with Crippen molar-refractivity contribution < 1.29 is 9.18 Å². The van der Waals surface area contributed by atoms with Gasteiger partial charge in [-0.1, -0.05) is 48.3 Å². The molecule has 1 amide bonds. The molecule has 0 radical (unpaired) electrons. The van der Waals surface area contributed by atoms with E-state index in [2.05, 4.69) is 39.7 Å². The van der Waals surface area contributed by atoms with E-state index in [0.717, 1.165) is 16.0 Å². The highest BCUT2D eigenvalue weighted by molar-refractivity contribution is 8.01. The van der Waals surface area contributed by atoms with Crippen LogP contribution in [-0.2, 0) is 4.79 Å². The zero-order valence-electron chi connectivity index (χ0n) is 13.6. The molecule has 0 saturated heterocycles. The Morgan fingerprint density at radius 1 is 1.28 bits per heavy atom. The van der Waals surface area contributed by atoms with Crippen LogP contribution in [0, 0.1) is 11.7 Å². The summed E-state index contributed by atoms with van der Waals surface area (Å²) >= 11 is 3.99. The fraction of sp³-hybridized carbons (Fsp3) is 0.333. The summed E-state index contributed by atoms with van der Waals surface area (Å²) in [7, 11) is 0. The van der Waals surface area contributed by atoms with E-state index in [4.69, 9.17) is 0 Å². The van der Waals surface area contributed by atoms with Crippen molar-refractivity contribution in [2.45, 2.75) is 18.2 Å². The average Bonchev–Trinajstić information content (AvgIpc) is 3.16. The van der Waals surface area contributed by atoms with Crippen molar-refractivity contribution in [1.29, 1.82) is 0 Å². The second-order valence-electron chi connectivity index (χ2n) is 5.62. The molecule has 0 saturated carbocycles. The molecule has 3 rings (SSSR count). The van der Waals surface area contributed by atoms with Gasteiger partial charge < -0.3 is 10.6 Å². The number of carbonyl (C=O) groups is 1. The van der Waals surface area contributed by atoms with E-state index >= 15 is 0 Å². The minimum absolute atomic E-state index is 0.184. The number of halogens is 1. The maximum absolute atomic E-state index is 13.2. The fourth-order valence-corrected chi connectivity index (χ4v) is 4.33. The van der Waals surface area contributed by atoms with Crippen LogP contribution in [0.5, 0.6) is 0 Å². The van der Waals surface area contributed by atoms with Crippen LogP contribution in [0.25, 0.3) is 10.2 Å². The minimum atomic E-state index is -0.317. The number of fused-ring (bicyclic) bond motifs is 1. The average molecular weight is 398 g/mol. The number of rotatable bonds is 7. The lowest BCUT2D eigenvalue weighted by Gasteiger charge is -2.03. The number of anilines is 2. The first-order valence-corrected chi connectivity index (χ1v) is 10.2. The molecule has 2 N–H and O–H groups in total. The molecule has 3 aromatic rings. The molecule has 25 heavy (non-hydrogen) atoms. The van der Waals surface area contributed by atoms with Crippen molar-refractivity contribution in [1.82, 2.24) is 15.2 Å². The maximum atomic E-state index is 13.2. The second-order valence-corrected chi connectivity index (χ2v) is 8.85. The van der Waals surface area contributed by atoms with Crippen LogP contribution in [0.4, 0.5) is 14.7 Å². The number of hydrogen-bond donors (Lipinski definition) is 2. The molecule has 0 unspecified atom stereocenters. The van der Waals surface area contributed by atoms with Crippen molar-refractivity contribution in [2.24, 2.45) is 5.92 Å². The van der Waals surface area contributed by atoms with Crippen molar-refractivity contribution in [3.05, 3.63) is 24.0 Å². The van der Waals surface area contributed by atoms with Crippen LogP contribution in [0.1, 0.15) is 13.8 Å². The number of amides is 1. The molecule has 0 bridgehead atoms. The van der Waals surface area contributed by atoms with Gasteiger partial charge in [-0.15, -0.1) is 10.2 Å². The van der Waals surface area contributed by atoms with Gasteiger partial charge in [0.1, 0.15) is 5.82 Å². The molecule has 0 fully saturated rings. The summed E-state index contributed by atoms with van der Waals surface area (Å²) in [5.41, 5.74) is 0.666. The number of aromatic nitrogens is 3. The van der Waals surface area contributed by atoms with Gasteiger partial charge in [0.2, 0.25) is 11.0 Å². The molecule has 0 spiro atoms. The predicted molar refractivity (Wildman–Crippen MR) is 102 cm³/mol. The highest BCUT2D eigenvalue weighted by atomic mass is 32.2. The number of thiazole rings is 1. The molecule has 0 aliphatic heterocycles.